The SMILES string of the molecule is CN(C)CCCNC(=O)c1cccc(C(=O)Nc2cccc(Cl)c2)c1. The number of carbonyl (C=O) groups is 2. The summed E-state index contributed by atoms with van der Waals surface area (Å²) >= 11 is 5.91. The number of rotatable bonds is 7. The molecule has 2 amide bonds. The lowest BCUT2D eigenvalue weighted by Crippen LogP contribution is -2.27. The van der Waals surface area contributed by atoms with Crippen LogP contribution < -0.4 is 10.6 Å². The Hall–Kier alpha value is -2.37. The van der Waals surface area contributed by atoms with Crippen LogP contribution >= 0.6 is 11.6 Å². The minimum atomic E-state index is -0.287. The lowest BCUT2D eigenvalue weighted by Gasteiger charge is -2.10. The van der Waals surface area contributed by atoms with Crippen LogP contribution in [0.15, 0.2) is 48.5 Å². The fourth-order valence-corrected chi connectivity index (χ4v) is 2.46. The largest absolute Gasteiger partial charge is 0.352 e. The fraction of sp³-hybridized carbons (Fsp3) is 0.263. The number of nitrogens with one attached hydrogen (secondary N) is 2. The van der Waals surface area contributed by atoms with Crippen molar-refractivity contribution in [1.29, 1.82) is 0 Å². The quantitative estimate of drug-likeness (QED) is 0.746. The standard InChI is InChI=1S/C19H22ClN3O2/c1-23(2)11-5-10-21-18(24)14-6-3-7-15(12-14)19(25)22-17-9-4-8-16(20)13-17/h3-4,6-9,12-13H,5,10-11H2,1-2H3,(H,21,24)(H,22,25). The van der Waals surface area contributed by atoms with Crippen LogP contribution in [0.5, 0.6) is 0 Å². The molecular weight excluding hydrogens is 338 g/mol. The summed E-state index contributed by atoms with van der Waals surface area (Å²) in [5.41, 5.74) is 1.49. The maximum Gasteiger partial charge on any atom is 0.255 e. The van der Waals surface area contributed by atoms with Crippen LogP contribution in [0, 0.1) is 0 Å². The van der Waals surface area contributed by atoms with Crippen molar-refractivity contribution in [3.05, 3.63) is 64.7 Å². The van der Waals surface area contributed by atoms with Crippen molar-refractivity contribution in [2.75, 3.05) is 32.5 Å². The highest BCUT2D eigenvalue weighted by molar-refractivity contribution is 6.31. The zero-order chi connectivity index (χ0) is 18.2. The molecule has 2 aromatic rings. The number of benzene rings is 2. The van der Waals surface area contributed by atoms with Gasteiger partial charge in [0, 0.05) is 28.4 Å². The molecule has 0 fully saturated rings. The third kappa shape index (κ3) is 6.21. The minimum absolute atomic E-state index is 0.184. The van der Waals surface area contributed by atoms with Crippen molar-refractivity contribution in [1.82, 2.24) is 10.2 Å². The van der Waals surface area contributed by atoms with Crippen LogP contribution in [-0.4, -0.2) is 43.9 Å². The number of hydrogen-bond acceptors (Lipinski definition) is 3. The summed E-state index contributed by atoms with van der Waals surface area (Å²) in [4.78, 5) is 26.6. The molecule has 0 aliphatic rings. The predicted octanol–water partition coefficient (Wildman–Crippen LogP) is 3.27. The van der Waals surface area contributed by atoms with Gasteiger partial charge in [0.05, 0.1) is 0 Å². The Bertz CT molecular complexity index is 747. The molecule has 6 heteroatoms. The Balaban J connectivity index is 1.97. The zero-order valence-corrected chi connectivity index (χ0v) is 15.1. The van der Waals surface area contributed by atoms with Gasteiger partial charge in [0.1, 0.15) is 0 Å². The van der Waals surface area contributed by atoms with Gasteiger partial charge >= 0.3 is 0 Å². The van der Waals surface area contributed by atoms with E-state index in [1.807, 2.05) is 14.1 Å². The predicted molar refractivity (Wildman–Crippen MR) is 101 cm³/mol. The molecule has 2 N–H and O–H groups in total. The Morgan fingerprint density at radius 3 is 2.36 bits per heavy atom. The summed E-state index contributed by atoms with van der Waals surface area (Å²) in [6.45, 7) is 1.50. The van der Waals surface area contributed by atoms with Crippen LogP contribution in [-0.2, 0) is 0 Å². The topological polar surface area (TPSA) is 61.4 Å². The molecule has 5 nitrogen and oxygen atoms in total. The number of halogens is 1. The Morgan fingerprint density at radius 1 is 1.00 bits per heavy atom. The van der Waals surface area contributed by atoms with Crippen molar-refractivity contribution in [2.45, 2.75) is 6.42 Å². The molecule has 0 unspecified atom stereocenters. The van der Waals surface area contributed by atoms with E-state index >= 15 is 0 Å². The summed E-state index contributed by atoms with van der Waals surface area (Å²) in [7, 11) is 3.98. The van der Waals surface area contributed by atoms with Gasteiger partial charge in [0.25, 0.3) is 11.8 Å². The second-order valence-corrected chi connectivity index (χ2v) is 6.39. The highest BCUT2D eigenvalue weighted by atomic mass is 35.5. The third-order valence-corrected chi connectivity index (χ3v) is 3.77. The van der Waals surface area contributed by atoms with Crippen molar-refractivity contribution in [3.63, 3.8) is 0 Å². The van der Waals surface area contributed by atoms with Gasteiger partial charge in [0.15, 0.2) is 0 Å². The molecule has 0 aromatic heterocycles. The zero-order valence-electron chi connectivity index (χ0n) is 14.4. The van der Waals surface area contributed by atoms with E-state index < -0.39 is 0 Å². The average molecular weight is 360 g/mol. The molecule has 2 aromatic carbocycles. The van der Waals surface area contributed by atoms with Crippen molar-refractivity contribution < 1.29 is 9.59 Å². The van der Waals surface area contributed by atoms with Gasteiger partial charge in [-0.05, 0) is 63.5 Å². The van der Waals surface area contributed by atoms with Crippen LogP contribution in [0.4, 0.5) is 5.69 Å². The van der Waals surface area contributed by atoms with E-state index in [1.165, 1.54) is 0 Å². The first-order chi connectivity index (χ1) is 12.0. The van der Waals surface area contributed by atoms with Gasteiger partial charge in [0.2, 0.25) is 0 Å². The lowest BCUT2D eigenvalue weighted by molar-refractivity contribution is 0.0952. The second-order valence-electron chi connectivity index (χ2n) is 5.96. The summed E-state index contributed by atoms with van der Waals surface area (Å²) in [6, 6.07) is 13.6. The van der Waals surface area contributed by atoms with Gasteiger partial charge in [-0.25, -0.2) is 0 Å². The maximum atomic E-state index is 12.3. The van der Waals surface area contributed by atoms with Gasteiger partial charge in [-0.1, -0.05) is 23.7 Å². The molecule has 0 heterocycles. The Morgan fingerprint density at radius 2 is 1.68 bits per heavy atom. The Kier molecular flexibility index (Phi) is 6.98. The molecule has 0 atom stereocenters. The number of nitrogens with zero attached hydrogens (tertiary/aromatic N) is 1. The molecular formula is C19H22ClN3O2. The summed E-state index contributed by atoms with van der Waals surface area (Å²) in [6.07, 6.45) is 0.869. The van der Waals surface area contributed by atoms with Crippen molar-refractivity contribution >= 4 is 29.1 Å². The molecule has 0 saturated heterocycles. The average Bonchev–Trinajstić information content (AvgIpc) is 2.58. The van der Waals surface area contributed by atoms with Gasteiger partial charge in [-0.3, -0.25) is 9.59 Å². The van der Waals surface area contributed by atoms with Crippen LogP contribution in [0.1, 0.15) is 27.1 Å². The Labute approximate surface area is 153 Å². The smallest absolute Gasteiger partial charge is 0.255 e. The fourth-order valence-electron chi connectivity index (χ4n) is 2.27. The molecule has 2 rings (SSSR count). The molecule has 0 saturated carbocycles. The molecule has 0 aliphatic carbocycles. The summed E-state index contributed by atoms with van der Waals surface area (Å²) in [5, 5.41) is 6.18. The lowest BCUT2D eigenvalue weighted by atomic mass is 10.1. The monoisotopic (exact) mass is 359 g/mol. The first kappa shape index (κ1) is 19.0. The van der Waals surface area contributed by atoms with Gasteiger partial charge in [-0.15, -0.1) is 0 Å². The molecule has 132 valence electrons. The van der Waals surface area contributed by atoms with E-state index in [-0.39, 0.29) is 11.8 Å². The minimum Gasteiger partial charge on any atom is -0.352 e. The second kappa shape index (κ2) is 9.20. The molecule has 0 radical (unpaired) electrons. The normalized spacial score (nSPS) is 10.6. The third-order valence-electron chi connectivity index (χ3n) is 3.54. The van der Waals surface area contributed by atoms with E-state index in [4.69, 9.17) is 11.6 Å². The number of hydrogen-bond donors (Lipinski definition) is 2. The number of carbonyl (C=O) groups excluding carboxylic acids is 2. The highest BCUT2D eigenvalue weighted by Crippen LogP contribution is 2.16. The number of amides is 2. The van der Waals surface area contributed by atoms with Gasteiger partial charge in [-0.2, -0.15) is 0 Å². The van der Waals surface area contributed by atoms with E-state index in [0.29, 0.717) is 28.4 Å². The van der Waals surface area contributed by atoms with Gasteiger partial charge < -0.3 is 15.5 Å². The molecule has 25 heavy (non-hydrogen) atoms. The van der Waals surface area contributed by atoms with Crippen LogP contribution in [0.25, 0.3) is 0 Å². The van der Waals surface area contributed by atoms with E-state index in [0.717, 1.165) is 13.0 Å². The first-order valence-corrected chi connectivity index (χ1v) is 8.43. The first-order valence-electron chi connectivity index (χ1n) is 8.05. The van der Waals surface area contributed by atoms with E-state index in [2.05, 4.69) is 15.5 Å². The van der Waals surface area contributed by atoms with Crippen LogP contribution in [0.2, 0.25) is 5.02 Å². The van der Waals surface area contributed by atoms with E-state index in [9.17, 15) is 9.59 Å². The summed E-state index contributed by atoms with van der Waals surface area (Å²) in [5.74, 6) is -0.472. The summed E-state index contributed by atoms with van der Waals surface area (Å²) < 4.78 is 0. The maximum absolute atomic E-state index is 12.3. The molecule has 0 aliphatic heterocycles. The van der Waals surface area contributed by atoms with Crippen LogP contribution in [0.3, 0.4) is 0 Å². The molecule has 0 spiro atoms. The number of anilines is 1. The van der Waals surface area contributed by atoms with E-state index in [1.54, 1.807) is 48.5 Å². The van der Waals surface area contributed by atoms with Crippen molar-refractivity contribution in [2.24, 2.45) is 0 Å². The van der Waals surface area contributed by atoms with Crippen molar-refractivity contribution in [3.8, 4) is 0 Å². The molecule has 0 bridgehead atoms. The highest BCUT2D eigenvalue weighted by Gasteiger charge is 2.11.